The summed E-state index contributed by atoms with van der Waals surface area (Å²) in [4.78, 5) is 22.9. The number of rotatable bonds is 4. The number of hydrogen-bond acceptors (Lipinski definition) is 4. The van der Waals surface area contributed by atoms with Gasteiger partial charge in [-0.05, 0) is 61.7 Å². The summed E-state index contributed by atoms with van der Waals surface area (Å²) in [5, 5.41) is 0.665. The Hall–Kier alpha value is -3.51. The van der Waals surface area contributed by atoms with Gasteiger partial charge in [0.05, 0.1) is 18.7 Å². The van der Waals surface area contributed by atoms with Crippen LogP contribution in [0.1, 0.15) is 30.2 Å². The van der Waals surface area contributed by atoms with Crippen molar-refractivity contribution in [3.05, 3.63) is 82.3 Å². The van der Waals surface area contributed by atoms with Crippen LogP contribution in [0.3, 0.4) is 0 Å². The molecular formula is C26H24ClN3O3. The summed E-state index contributed by atoms with van der Waals surface area (Å²) in [7, 11) is 1.62. The van der Waals surface area contributed by atoms with E-state index in [2.05, 4.69) is 16.0 Å². The summed E-state index contributed by atoms with van der Waals surface area (Å²) in [5.74, 6) is 1.56. The van der Waals surface area contributed by atoms with Crippen molar-refractivity contribution in [2.45, 2.75) is 32.4 Å². The molecule has 0 unspecified atom stereocenters. The van der Waals surface area contributed by atoms with Gasteiger partial charge in [0.2, 0.25) is 0 Å². The molecule has 2 aliphatic rings. The fraction of sp³-hybridized carbons (Fsp3) is 0.231. The zero-order valence-corrected chi connectivity index (χ0v) is 19.4. The number of aromatic amines is 1. The average molecular weight is 462 g/mol. The standard InChI is InChI=1S/C26H24ClN3O3/c1-15-14-28-25(29-15)20-9-4-17(12-23(20)32-3)13-24-26(31)30-21(16(2)33-24)10-11-22(30)18-5-7-19(27)8-6-18/h4-9,11-14,16,21H,10H2,1-3H3,(H,28,29)/t16-,21+/m0/s1. The summed E-state index contributed by atoms with van der Waals surface area (Å²) >= 11 is 6.05. The van der Waals surface area contributed by atoms with Crippen molar-refractivity contribution in [1.29, 1.82) is 0 Å². The van der Waals surface area contributed by atoms with E-state index in [1.807, 2.05) is 61.2 Å². The maximum absolute atomic E-state index is 13.5. The molecule has 0 bridgehead atoms. The van der Waals surface area contributed by atoms with Gasteiger partial charge in [0.15, 0.2) is 5.76 Å². The molecule has 1 fully saturated rings. The molecule has 3 heterocycles. The summed E-state index contributed by atoms with van der Waals surface area (Å²) in [6.45, 7) is 3.95. The molecule has 1 saturated heterocycles. The monoisotopic (exact) mass is 461 g/mol. The first-order valence-corrected chi connectivity index (χ1v) is 11.2. The van der Waals surface area contributed by atoms with Gasteiger partial charge in [-0.3, -0.25) is 9.69 Å². The van der Waals surface area contributed by atoms with E-state index in [1.54, 1.807) is 19.4 Å². The van der Waals surface area contributed by atoms with Crippen molar-refractivity contribution in [3.63, 3.8) is 0 Å². The molecule has 7 heteroatoms. The van der Waals surface area contributed by atoms with Crippen LogP contribution in [0.5, 0.6) is 5.75 Å². The highest BCUT2D eigenvalue weighted by molar-refractivity contribution is 6.30. The van der Waals surface area contributed by atoms with Gasteiger partial charge in [0.25, 0.3) is 5.91 Å². The zero-order chi connectivity index (χ0) is 23.1. The maximum Gasteiger partial charge on any atom is 0.293 e. The number of carbonyl (C=O) groups is 1. The average Bonchev–Trinajstić information content (AvgIpc) is 3.45. The second-order valence-electron chi connectivity index (χ2n) is 8.28. The van der Waals surface area contributed by atoms with E-state index in [1.165, 1.54) is 0 Å². The van der Waals surface area contributed by atoms with Gasteiger partial charge in [-0.2, -0.15) is 0 Å². The van der Waals surface area contributed by atoms with Crippen LogP contribution in [0.2, 0.25) is 5.02 Å². The molecule has 0 aliphatic carbocycles. The van der Waals surface area contributed by atoms with Gasteiger partial charge in [-0.1, -0.05) is 35.9 Å². The molecule has 1 amide bonds. The second kappa shape index (κ2) is 8.45. The predicted octanol–water partition coefficient (Wildman–Crippen LogP) is 5.45. The van der Waals surface area contributed by atoms with E-state index >= 15 is 0 Å². The largest absolute Gasteiger partial charge is 0.496 e. The lowest BCUT2D eigenvalue weighted by Gasteiger charge is -2.38. The Kier molecular flexibility index (Phi) is 5.46. The van der Waals surface area contributed by atoms with Gasteiger partial charge in [0, 0.05) is 22.6 Å². The molecule has 0 spiro atoms. The number of nitrogens with zero attached hydrogens (tertiary/aromatic N) is 2. The number of methoxy groups -OCH3 is 1. The number of imidazole rings is 1. The first kappa shape index (κ1) is 21.3. The Bertz CT molecular complexity index is 1280. The lowest BCUT2D eigenvalue weighted by molar-refractivity contribution is -0.138. The van der Waals surface area contributed by atoms with Crippen LogP contribution in [-0.2, 0) is 9.53 Å². The van der Waals surface area contributed by atoms with E-state index in [0.29, 0.717) is 16.5 Å². The van der Waals surface area contributed by atoms with Crippen LogP contribution in [0.25, 0.3) is 23.2 Å². The van der Waals surface area contributed by atoms with Crippen molar-refractivity contribution in [2.75, 3.05) is 7.11 Å². The topological polar surface area (TPSA) is 67.5 Å². The molecule has 5 rings (SSSR count). The zero-order valence-electron chi connectivity index (χ0n) is 18.6. The third kappa shape index (κ3) is 3.91. The van der Waals surface area contributed by atoms with Crippen LogP contribution >= 0.6 is 11.6 Å². The van der Waals surface area contributed by atoms with Crippen LogP contribution in [-0.4, -0.2) is 40.0 Å². The van der Waals surface area contributed by atoms with Crippen molar-refractivity contribution in [2.24, 2.45) is 0 Å². The first-order valence-electron chi connectivity index (χ1n) is 10.8. The number of morpholine rings is 1. The normalized spacial score (nSPS) is 21.1. The number of halogens is 1. The lowest BCUT2D eigenvalue weighted by Crippen LogP contribution is -2.48. The summed E-state index contributed by atoms with van der Waals surface area (Å²) < 4.78 is 11.7. The minimum atomic E-state index is -0.151. The van der Waals surface area contributed by atoms with Crippen molar-refractivity contribution in [1.82, 2.24) is 14.9 Å². The van der Waals surface area contributed by atoms with Crippen LogP contribution in [0, 0.1) is 6.92 Å². The van der Waals surface area contributed by atoms with Crippen LogP contribution < -0.4 is 4.74 Å². The Morgan fingerprint density at radius 2 is 2.03 bits per heavy atom. The molecule has 1 aromatic heterocycles. The minimum absolute atomic E-state index is 0.0283. The Balaban J connectivity index is 1.47. The van der Waals surface area contributed by atoms with Crippen molar-refractivity contribution in [3.8, 4) is 17.1 Å². The number of benzene rings is 2. The summed E-state index contributed by atoms with van der Waals surface area (Å²) in [6.07, 6.45) is 6.26. The van der Waals surface area contributed by atoms with Gasteiger partial charge < -0.3 is 14.5 Å². The van der Waals surface area contributed by atoms with E-state index in [4.69, 9.17) is 21.1 Å². The number of hydrogen-bond donors (Lipinski definition) is 1. The van der Waals surface area contributed by atoms with Gasteiger partial charge in [0.1, 0.15) is 17.7 Å². The smallest absolute Gasteiger partial charge is 0.293 e. The third-order valence-electron chi connectivity index (χ3n) is 6.05. The molecule has 2 atom stereocenters. The van der Waals surface area contributed by atoms with Crippen molar-refractivity contribution >= 4 is 29.3 Å². The third-order valence-corrected chi connectivity index (χ3v) is 6.30. The summed E-state index contributed by atoms with van der Waals surface area (Å²) in [5.41, 5.74) is 4.49. The highest BCUT2D eigenvalue weighted by Crippen LogP contribution is 2.38. The highest BCUT2D eigenvalue weighted by Gasteiger charge is 2.42. The number of aromatic nitrogens is 2. The highest BCUT2D eigenvalue weighted by atomic mass is 35.5. The molecule has 0 saturated carbocycles. The minimum Gasteiger partial charge on any atom is -0.496 e. The molecule has 2 aromatic carbocycles. The van der Waals surface area contributed by atoms with Gasteiger partial charge in [-0.15, -0.1) is 0 Å². The number of aryl methyl sites for hydroxylation is 1. The molecule has 33 heavy (non-hydrogen) atoms. The predicted molar refractivity (Wildman–Crippen MR) is 129 cm³/mol. The van der Waals surface area contributed by atoms with E-state index in [9.17, 15) is 4.79 Å². The van der Waals surface area contributed by atoms with Crippen LogP contribution in [0.15, 0.2) is 60.5 Å². The number of carbonyl (C=O) groups excluding carboxylic acids is 1. The summed E-state index contributed by atoms with van der Waals surface area (Å²) in [6, 6.07) is 13.3. The Morgan fingerprint density at radius 3 is 2.73 bits per heavy atom. The van der Waals surface area contributed by atoms with Crippen LogP contribution in [0.4, 0.5) is 0 Å². The number of fused-ring (bicyclic) bond motifs is 1. The molecule has 168 valence electrons. The Labute approximate surface area is 197 Å². The fourth-order valence-corrected chi connectivity index (χ4v) is 4.52. The van der Waals surface area contributed by atoms with Crippen molar-refractivity contribution < 1.29 is 14.3 Å². The molecular weight excluding hydrogens is 438 g/mol. The SMILES string of the molecule is COc1cc(C=C2O[C@@H](C)[C@H]3CC=C(c4ccc(Cl)cc4)N3C2=O)ccc1-c1ncc(C)[nH]1. The first-order chi connectivity index (χ1) is 15.9. The number of H-pyrrole nitrogens is 1. The second-order valence-corrected chi connectivity index (χ2v) is 8.72. The number of nitrogens with one attached hydrogen (secondary N) is 1. The fourth-order valence-electron chi connectivity index (χ4n) is 4.39. The molecule has 6 nitrogen and oxygen atoms in total. The van der Waals surface area contributed by atoms with E-state index in [0.717, 1.165) is 40.3 Å². The van der Waals surface area contributed by atoms with E-state index in [-0.39, 0.29) is 18.1 Å². The van der Waals surface area contributed by atoms with Gasteiger partial charge in [-0.25, -0.2) is 4.98 Å². The van der Waals surface area contributed by atoms with E-state index < -0.39 is 0 Å². The molecule has 2 aliphatic heterocycles. The molecule has 1 N–H and O–H groups in total. The number of amides is 1. The maximum atomic E-state index is 13.5. The lowest BCUT2D eigenvalue weighted by atomic mass is 10.0. The van der Waals surface area contributed by atoms with Gasteiger partial charge >= 0.3 is 0 Å². The Morgan fingerprint density at radius 1 is 1.24 bits per heavy atom. The number of ether oxygens (including phenoxy) is 2. The molecule has 0 radical (unpaired) electrons. The quantitative estimate of drug-likeness (QED) is 0.525. The molecule has 3 aromatic rings.